The first kappa shape index (κ1) is 13.6. The summed E-state index contributed by atoms with van der Waals surface area (Å²) >= 11 is 5.84. The second kappa shape index (κ2) is 4.70. The highest BCUT2D eigenvalue weighted by atomic mass is 35.5. The molecule has 0 unspecified atom stereocenters. The van der Waals surface area contributed by atoms with Gasteiger partial charge in [0, 0.05) is 25.6 Å². The van der Waals surface area contributed by atoms with E-state index in [-0.39, 0.29) is 23.1 Å². The molecule has 5 nitrogen and oxygen atoms in total. The van der Waals surface area contributed by atoms with Crippen LogP contribution in [0.5, 0.6) is 0 Å². The van der Waals surface area contributed by atoms with Gasteiger partial charge in [0.05, 0.1) is 15.6 Å². The topological polar surface area (TPSA) is 83.6 Å². The summed E-state index contributed by atoms with van der Waals surface area (Å²) < 4.78 is 25.9. The van der Waals surface area contributed by atoms with Crippen LogP contribution in [0.1, 0.15) is 5.56 Å². The van der Waals surface area contributed by atoms with Gasteiger partial charge >= 0.3 is 0 Å². The lowest BCUT2D eigenvalue weighted by molar-refractivity contribution is 0.117. The molecule has 0 atom stereocenters. The monoisotopic (exact) mass is 290 g/mol. The molecule has 0 spiro atoms. The van der Waals surface area contributed by atoms with Crippen LogP contribution in [0.4, 0.5) is 5.69 Å². The Balaban J connectivity index is 2.34. The molecule has 1 aromatic rings. The highest BCUT2D eigenvalue weighted by molar-refractivity contribution is 7.89. The van der Waals surface area contributed by atoms with Crippen LogP contribution in [0.25, 0.3) is 0 Å². The van der Waals surface area contributed by atoms with E-state index in [9.17, 15) is 8.42 Å². The van der Waals surface area contributed by atoms with E-state index in [4.69, 9.17) is 22.4 Å². The predicted octanol–water partition coefficient (Wildman–Crippen LogP) is 0.843. The molecule has 100 valence electrons. The number of aryl methyl sites for hydroxylation is 1. The van der Waals surface area contributed by atoms with E-state index in [0.29, 0.717) is 23.7 Å². The maximum Gasteiger partial charge on any atom is 0.243 e. The Morgan fingerprint density at radius 1 is 1.50 bits per heavy atom. The molecule has 1 fully saturated rings. The number of hydrogen-bond acceptors (Lipinski definition) is 4. The van der Waals surface area contributed by atoms with Crippen LogP contribution >= 0.6 is 11.6 Å². The van der Waals surface area contributed by atoms with Crippen molar-refractivity contribution in [3.8, 4) is 0 Å². The van der Waals surface area contributed by atoms with Gasteiger partial charge in [-0.15, -0.1) is 0 Å². The van der Waals surface area contributed by atoms with Crippen molar-refractivity contribution in [1.29, 1.82) is 0 Å². The van der Waals surface area contributed by atoms with E-state index in [2.05, 4.69) is 0 Å². The number of hydrogen-bond donors (Lipinski definition) is 2. The zero-order chi connectivity index (χ0) is 13.5. The van der Waals surface area contributed by atoms with Crippen LogP contribution in [0.3, 0.4) is 0 Å². The minimum Gasteiger partial charge on any atom is -0.397 e. The van der Waals surface area contributed by atoms with Crippen LogP contribution in [-0.4, -0.2) is 37.5 Å². The second-order valence-electron chi connectivity index (χ2n) is 4.51. The molecule has 1 aliphatic heterocycles. The van der Waals surface area contributed by atoms with Gasteiger partial charge in [-0.25, -0.2) is 8.42 Å². The van der Waals surface area contributed by atoms with Gasteiger partial charge in [-0.2, -0.15) is 4.31 Å². The molecule has 3 N–H and O–H groups in total. The van der Waals surface area contributed by atoms with Gasteiger partial charge in [-0.3, -0.25) is 0 Å². The molecule has 1 aromatic carbocycles. The van der Waals surface area contributed by atoms with Gasteiger partial charge in [-0.05, 0) is 24.6 Å². The fourth-order valence-corrected chi connectivity index (χ4v) is 3.97. The number of benzene rings is 1. The Morgan fingerprint density at radius 3 is 2.67 bits per heavy atom. The summed E-state index contributed by atoms with van der Waals surface area (Å²) in [6, 6.07) is 2.94. The van der Waals surface area contributed by atoms with Gasteiger partial charge in [0.15, 0.2) is 0 Å². The molecule has 1 saturated heterocycles. The maximum atomic E-state index is 12.3. The molecule has 2 rings (SSSR count). The van der Waals surface area contributed by atoms with Crippen molar-refractivity contribution in [2.45, 2.75) is 11.8 Å². The first-order chi connectivity index (χ1) is 8.36. The molecule has 0 amide bonds. The van der Waals surface area contributed by atoms with Crippen molar-refractivity contribution in [2.24, 2.45) is 5.92 Å². The average Bonchev–Trinajstić information content (AvgIpc) is 2.21. The highest BCUT2D eigenvalue weighted by Gasteiger charge is 2.37. The Labute approximate surface area is 111 Å². The smallest absolute Gasteiger partial charge is 0.243 e. The third kappa shape index (κ3) is 2.21. The van der Waals surface area contributed by atoms with Gasteiger partial charge < -0.3 is 10.8 Å². The minimum atomic E-state index is -3.53. The molecule has 0 saturated carbocycles. The highest BCUT2D eigenvalue weighted by Crippen LogP contribution is 2.31. The number of nitrogens with two attached hydrogens (primary N) is 1. The van der Waals surface area contributed by atoms with E-state index >= 15 is 0 Å². The number of aliphatic hydroxyl groups is 1. The Hall–Kier alpha value is -0.820. The third-order valence-electron chi connectivity index (χ3n) is 3.09. The molecular weight excluding hydrogens is 276 g/mol. The summed E-state index contributed by atoms with van der Waals surface area (Å²) in [5.41, 5.74) is 6.47. The lowest BCUT2D eigenvalue weighted by Gasteiger charge is -2.37. The van der Waals surface area contributed by atoms with E-state index < -0.39 is 10.0 Å². The van der Waals surface area contributed by atoms with E-state index in [0.717, 1.165) is 0 Å². The molecule has 0 radical (unpaired) electrons. The Bertz CT molecular complexity index is 568. The molecule has 7 heteroatoms. The number of anilines is 1. The van der Waals surface area contributed by atoms with Crippen LogP contribution in [0.2, 0.25) is 5.02 Å². The van der Waals surface area contributed by atoms with Crippen LogP contribution in [-0.2, 0) is 10.0 Å². The number of sulfonamides is 1. The minimum absolute atomic E-state index is 0.00770. The Morgan fingerprint density at radius 2 is 2.11 bits per heavy atom. The number of rotatable bonds is 3. The maximum absolute atomic E-state index is 12.3. The van der Waals surface area contributed by atoms with Crippen LogP contribution in [0.15, 0.2) is 17.0 Å². The quantitative estimate of drug-likeness (QED) is 0.808. The van der Waals surface area contributed by atoms with Crippen molar-refractivity contribution in [1.82, 2.24) is 4.31 Å². The van der Waals surface area contributed by atoms with E-state index in [1.807, 2.05) is 0 Å². The summed E-state index contributed by atoms with van der Waals surface area (Å²) in [7, 11) is -3.53. The van der Waals surface area contributed by atoms with Gasteiger partial charge in [-0.1, -0.05) is 11.6 Å². The largest absolute Gasteiger partial charge is 0.397 e. The Kier molecular flexibility index (Phi) is 3.55. The van der Waals surface area contributed by atoms with Gasteiger partial charge in [0.25, 0.3) is 0 Å². The van der Waals surface area contributed by atoms with Crippen molar-refractivity contribution >= 4 is 27.3 Å². The van der Waals surface area contributed by atoms with Gasteiger partial charge in [0.2, 0.25) is 10.0 Å². The van der Waals surface area contributed by atoms with Crippen molar-refractivity contribution in [2.75, 3.05) is 25.4 Å². The first-order valence-corrected chi connectivity index (χ1v) is 7.34. The van der Waals surface area contributed by atoms with E-state index in [1.54, 1.807) is 13.0 Å². The molecule has 1 heterocycles. The van der Waals surface area contributed by atoms with Gasteiger partial charge in [0.1, 0.15) is 0 Å². The van der Waals surface area contributed by atoms with Crippen LogP contribution < -0.4 is 5.73 Å². The average molecular weight is 291 g/mol. The zero-order valence-electron chi connectivity index (χ0n) is 9.93. The molecule has 18 heavy (non-hydrogen) atoms. The lowest BCUT2D eigenvalue weighted by atomic mass is 10.1. The predicted molar refractivity (Wildman–Crippen MR) is 69.9 cm³/mol. The van der Waals surface area contributed by atoms with Crippen molar-refractivity contribution < 1.29 is 13.5 Å². The molecule has 1 aliphatic rings. The fraction of sp³-hybridized carbons (Fsp3) is 0.455. The normalized spacial score (nSPS) is 17.7. The number of aliphatic hydroxyl groups excluding tert-OH is 1. The number of nitrogens with zero attached hydrogens (tertiary/aromatic N) is 1. The van der Waals surface area contributed by atoms with Crippen molar-refractivity contribution in [3.63, 3.8) is 0 Å². The molecular formula is C11H15ClN2O3S. The first-order valence-electron chi connectivity index (χ1n) is 5.53. The third-order valence-corrected chi connectivity index (χ3v) is 5.39. The molecule has 0 aromatic heterocycles. The van der Waals surface area contributed by atoms with E-state index in [1.165, 1.54) is 10.4 Å². The standard InChI is InChI=1S/C11H15ClN2O3S/c1-7-2-9(12)10(13)3-11(7)18(16,17)14-4-8(5-14)6-15/h2-3,8,15H,4-6,13H2,1H3. The number of halogens is 1. The van der Waals surface area contributed by atoms with Crippen LogP contribution in [0, 0.1) is 12.8 Å². The fourth-order valence-electron chi connectivity index (χ4n) is 1.92. The summed E-state index contributed by atoms with van der Waals surface area (Å²) in [4.78, 5) is 0.181. The number of nitrogen functional groups attached to an aromatic ring is 1. The lowest BCUT2D eigenvalue weighted by Crippen LogP contribution is -2.51. The van der Waals surface area contributed by atoms with Crippen molar-refractivity contribution in [3.05, 3.63) is 22.7 Å². The summed E-state index contributed by atoms with van der Waals surface area (Å²) in [6.07, 6.45) is 0. The molecule has 0 aliphatic carbocycles. The second-order valence-corrected chi connectivity index (χ2v) is 6.82. The molecule has 0 bridgehead atoms. The summed E-state index contributed by atoms with van der Waals surface area (Å²) in [6.45, 7) is 2.39. The SMILES string of the molecule is Cc1cc(Cl)c(N)cc1S(=O)(=O)N1CC(CO)C1. The summed E-state index contributed by atoms with van der Waals surface area (Å²) in [5.74, 6) is 0.0322. The zero-order valence-corrected chi connectivity index (χ0v) is 11.5. The summed E-state index contributed by atoms with van der Waals surface area (Å²) in [5, 5.41) is 9.27.